The van der Waals surface area contributed by atoms with Crippen LogP contribution in [0.3, 0.4) is 0 Å². The van der Waals surface area contributed by atoms with Crippen molar-refractivity contribution in [3.63, 3.8) is 0 Å². The van der Waals surface area contributed by atoms with Gasteiger partial charge in [0.1, 0.15) is 0 Å². The van der Waals surface area contributed by atoms with Crippen molar-refractivity contribution in [2.24, 2.45) is 5.92 Å². The third-order valence-corrected chi connectivity index (χ3v) is 2.78. The summed E-state index contributed by atoms with van der Waals surface area (Å²) < 4.78 is 5.14. The summed E-state index contributed by atoms with van der Waals surface area (Å²) in [5, 5.41) is 0.448. The van der Waals surface area contributed by atoms with E-state index in [2.05, 4.69) is 12.6 Å². The van der Waals surface area contributed by atoms with E-state index in [9.17, 15) is 4.79 Å². The normalized spacial score (nSPS) is 18.7. The highest BCUT2D eigenvalue weighted by Gasteiger charge is 2.21. The van der Waals surface area contributed by atoms with Gasteiger partial charge in [0.2, 0.25) is 0 Å². The molecule has 0 aromatic heterocycles. The number of ether oxygens (including phenoxy) is 1. The van der Waals surface area contributed by atoms with Crippen LogP contribution in [0.15, 0.2) is 0 Å². The molecule has 0 saturated carbocycles. The Morgan fingerprint density at radius 3 is 2.57 bits per heavy atom. The first-order valence-corrected chi connectivity index (χ1v) is 5.71. The summed E-state index contributed by atoms with van der Waals surface area (Å²) >= 11 is 4.38. The summed E-state index contributed by atoms with van der Waals surface area (Å²) in [7, 11) is 0. The van der Waals surface area contributed by atoms with E-state index in [1.54, 1.807) is 4.90 Å². The Balaban J connectivity index is 2.24. The van der Waals surface area contributed by atoms with Crippen LogP contribution in [0.25, 0.3) is 0 Å². The van der Waals surface area contributed by atoms with Crippen LogP contribution < -0.4 is 0 Å². The van der Waals surface area contributed by atoms with Crippen LogP contribution in [0.1, 0.15) is 26.7 Å². The van der Waals surface area contributed by atoms with Crippen molar-refractivity contribution in [1.29, 1.82) is 0 Å². The molecule has 1 aliphatic rings. The van der Waals surface area contributed by atoms with E-state index in [1.807, 2.05) is 13.8 Å². The molecular weight excluding hydrogens is 198 g/mol. The summed E-state index contributed by atoms with van der Waals surface area (Å²) in [6, 6.07) is 0. The average Bonchev–Trinajstić information content (AvgIpc) is 2.15. The Kier molecular flexibility index (Phi) is 4.58. The summed E-state index contributed by atoms with van der Waals surface area (Å²) in [5.41, 5.74) is 0. The lowest BCUT2D eigenvalue weighted by atomic mass is 10.1. The summed E-state index contributed by atoms with van der Waals surface area (Å²) in [6.07, 6.45) is 1.78. The lowest BCUT2D eigenvalue weighted by Gasteiger charge is -2.29. The molecular formula is C10H19NO2S. The molecule has 0 atom stereocenters. The number of piperidine rings is 1. The van der Waals surface area contributed by atoms with Gasteiger partial charge in [0.05, 0.1) is 6.61 Å². The fourth-order valence-electron chi connectivity index (χ4n) is 1.38. The summed E-state index contributed by atoms with van der Waals surface area (Å²) in [6.45, 7) is 6.15. The SMILES string of the molecule is CC(C)COC(=O)N1CCC(S)CC1. The van der Waals surface area contributed by atoms with E-state index < -0.39 is 0 Å². The van der Waals surface area contributed by atoms with Gasteiger partial charge in [-0.05, 0) is 18.8 Å². The minimum atomic E-state index is -0.168. The molecule has 0 N–H and O–H groups in total. The molecule has 0 aromatic carbocycles. The molecule has 0 radical (unpaired) electrons. The molecule has 1 heterocycles. The Bertz CT molecular complexity index is 189. The van der Waals surface area contributed by atoms with Crippen molar-refractivity contribution in [2.45, 2.75) is 31.9 Å². The zero-order valence-electron chi connectivity index (χ0n) is 8.90. The van der Waals surface area contributed by atoms with Gasteiger partial charge in [-0.15, -0.1) is 0 Å². The van der Waals surface area contributed by atoms with Crippen molar-refractivity contribution in [3.8, 4) is 0 Å². The van der Waals surface area contributed by atoms with E-state index in [4.69, 9.17) is 4.74 Å². The molecule has 1 aliphatic heterocycles. The zero-order valence-corrected chi connectivity index (χ0v) is 9.80. The second-order valence-corrected chi connectivity index (χ2v) is 4.92. The van der Waals surface area contributed by atoms with Gasteiger partial charge in [-0.1, -0.05) is 13.8 Å². The van der Waals surface area contributed by atoms with Crippen molar-refractivity contribution in [3.05, 3.63) is 0 Å². The number of likely N-dealkylation sites (tertiary alicyclic amines) is 1. The standard InChI is InChI=1S/C10H19NO2S/c1-8(2)7-13-10(12)11-5-3-9(14)4-6-11/h8-9,14H,3-7H2,1-2H3. The van der Waals surface area contributed by atoms with Crippen LogP contribution in [0, 0.1) is 5.92 Å². The number of rotatable bonds is 2. The molecule has 82 valence electrons. The maximum atomic E-state index is 11.5. The lowest BCUT2D eigenvalue weighted by Crippen LogP contribution is -2.39. The summed E-state index contributed by atoms with van der Waals surface area (Å²) in [4.78, 5) is 13.3. The molecule has 0 aliphatic carbocycles. The fraction of sp³-hybridized carbons (Fsp3) is 0.900. The topological polar surface area (TPSA) is 29.5 Å². The minimum absolute atomic E-state index is 0.168. The molecule has 4 heteroatoms. The Morgan fingerprint density at radius 2 is 2.07 bits per heavy atom. The number of hydrogen-bond acceptors (Lipinski definition) is 3. The molecule has 14 heavy (non-hydrogen) atoms. The van der Waals surface area contributed by atoms with Crippen LogP contribution in [0.2, 0.25) is 0 Å². The predicted molar refractivity (Wildman–Crippen MR) is 59.8 cm³/mol. The van der Waals surface area contributed by atoms with Crippen LogP contribution in [0.4, 0.5) is 4.79 Å². The van der Waals surface area contributed by atoms with Gasteiger partial charge in [-0.2, -0.15) is 12.6 Å². The first-order chi connectivity index (χ1) is 6.59. The van der Waals surface area contributed by atoms with Crippen molar-refractivity contribution < 1.29 is 9.53 Å². The predicted octanol–water partition coefficient (Wildman–Crippen LogP) is 2.17. The van der Waals surface area contributed by atoms with Gasteiger partial charge < -0.3 is 9.64 Å². The van der Waals surface area contributed by atoms with E-state index in [-0.39, 0.29) is 6.09 Å². The van der Waals surface area contributed by atoms with Gasteiger partial charge in [-0.3, -0.25) is 0 Å². The van der Waals surface area contributed by atoms with Crippen LogP contribution >= 0.6 is 12.6 Å². The summed E-state index contributed by atoms with van der Waals surface area (Å²) in [5.74, 6) is 0.404. The minimum Gasteiger partial charge on any atom is -0.449 e. The van der Waals surface area contributed by atoms with Crippen molar-refractivity contribution in [2.75, 3.05) is 19.7 Å². The highest BCUT2D eigenvalue weighted by molar-refractivity contribution is 7.80. The monoisotopic (exact) mass is 217 g/mol. The van der Waals surface area contributed by atoms with Gasteiger partial charge in [-0.25, -0.2) is 4.79 Å². The van der Waals surface area contributed by atoms with Crippen molar-refractivity contribution >= 4 is 18.7 Å². The number of thiol groups is 1. The maximum Gasteiger partial charge on any atom is 0.409 e. The fourth-order valence-corrected chi connectivity index (χ4v) is 1.61. The molecule has 1 fully saturated rings. The number of carbonyl (C=O) groups excluding carboxylic acids is 1. The van der Waals surface area contributed by atoms with E-state index in [0.717, 1.165) is 25.9 Å². The Labute approximate surface area is 91.2 Å². The van der Waals surface area contributed by atoms with Gasteiger partial charge in [0.15, 0.2) is 0 Å². The third-order valence-electron chi connectivity index (χ3n) is 2.26. The quantitative estimate of drug-likeness (QED) is 0.718. The number of carbonyl (C=O) groups is 1. The average molecular weight is 217 g/mol. The van der Waals surface area contributed by atoms with Gasteiger partial charge >= 0.3 is 6.09 Å². The van der Waals surface area contributed by atoms with E-state index >= 15 is 0 Å². The second-order valence-electron chi connectivity index (χ2n) is 4.19. The van der Waals surface area contributed by atoms with Gasteiger partial charge in [0.25, 0.3) is 0 Å². The molecule has 0 unspecified atom stereocenters. The zero-order chi connectivity index (χ0) is 10.6. The molecule has 3 nitrogen and oxygen atoms in total. The molecule has 0 spiro atoms. The van der Waals surface area contributed by atoms with Crippen LogP contribution in [0.5, 0.6) is 0 Å². The van der Waals surface area contributed by atoms with E-state index in [1.165, 1.54) is 0 Å². The molecule has 0 aromatic rings. The van der Waals surface area contributed by atoms with Gasteiger partial charge in [0, 0.05) is 18.3 Å². The Hall–Kier alpha value is -0.380. The molecule has 1 rings (SSSR count). The molecule has 1 saturated heterocycles. The largest absolute Gasteiger partial charge is 0.449 e. The number of hydrogen-bond donors (Lipinski definition) is 1. The number of nitrogens with zero attached hydrogens (tertiary/aromatic N) is 1. The highest BCUT2D eigenvalue weighted by atomic mass is 32.1. The Morgan fingerprint density at radius 1 is 1.50 bits per heavy atom. The number of amides is 1. The first kappa shape index (κ1) is 11.7. The first-order valence-electron chi connectivity index (χ1n) is 5.19. The lowest BCUT2D eigenvalue weighted by molar-refractivity contribution is 0.0864. The molecule has 0 bridgehead atoms. The molecule has 1 amide bonds. The van der Waals surface area contributed by atoms with Crippen molar-refractivity contribution in [1.82, 2.24) is 4.90 Å². The van der Waals surface area contributed by atoms with Crippen LogP contribution in [-0.4, -0.2) is 35.9 Å². The van der Waals surface area contributed by atoms with Crippen LogP contribution in [-0.2, 0) is 4.74 Å². The van der Waals surface area contributed by atoms with E-state index in [0.29, 0.717) is 17.8 Å². The smallest absolute Gasteiger partial charge is 0.409 e. The second kappa shape index (κ2) is 5.49. The maximum absolute atomic E-state index is 11.5. The third kappa shape index (κ3) is 3.78. The highest BCUT2D eigenvalue weighted by Crippen LogP contribution is 2.15.